The van der Waals surface area contributed by atoms with Gasteiger partial charge in [0.1, 0.15) is 0 Å². The number of fused-ring (bicyclic) bond motifs is 1. The lowest BCUT2D eigenvalue weighted by Crippen LogP contribution is -2.19. The van der Waals surface area contributed by atoms with Crippen LogP contribution in [0.2, 0.25) is 10.0 Å². The third-order valence-corrected chi connectivity index (χ3v) is 4.08. The standard InChI is InChI=1S/C16H11Cl2NO2/c17-11-2-1-3-12(18)15(11)16(21)10-4-6-13-9(8-10)5-7-14(20)19-13/h1-4,6,8H,5,7H2,(H,19,20). The molecule has 0 unspecified atom stereocenters. The molecule has 0 saturated heterocycles. The molecule has 3 nitrogen and oxygen atoms in total. The Morgan fingerprint density at radius 3 is 2.48 bits per heavy atom. The van der Waals surface area contributed by atoms with Gasteiger partial charge in [0.05, 0.1) is 15.6 Å². The first-order valence-electron chi connectivity index (χ1n) is 6.48. The van der Waals surface area contributed by atoms with E-state index < -0.39 is 0 Å². The lowest BCUT2D eigenvalue weighted by Gasteiger charge is -2.17. The maximum atomic E-state index is 12.6. The molecule has 21 heavy (non-hydrogen) atoms. The SMILES string of the molecule is O=C1CCc2cc(C(=O)c3c(Cl)cccc3Cl)ccc2N1. The lowest BCUT2D eigenvalue weighted by atomic mass is 9.96. The average Bonchev–Trinajstić information content (AvgIpc) is 2.46. The summed E-state index contributed by atoms with van der Waals surface area (Å²) in [5.74, 6) is -0.221. The van der Waals surface area contributed by atoms with E-state index in [1.807, 2.05) is 0 Å². The van der Waals surface area contributed by atoms with Crippen LogP contribution in [-0.4, -0.2) is 11.7 Å². The fourth-order valence-corrected chi connectivity index (χ4v) is 2.95. The molecule has 5 heteroatoms. The highest BCUT2D eigenvalue weighted by atomic mass is 35.5. The fourth-order valence-electron chi connectivity index (χ4n) is 2.38. The summed E-state index contributed by atoms with van der Waals surface area (Å²) in [5, 5.41) is 3.45. The molecule has 0 fully saturated rings. The number of anilines is 1. The van der Waals surface area contributed by atoms with Crippen LogP contribution in [0.25, 0.3) is 0 Å². The minimum absolute atomic E-state index is 0.00396. The topological polar surface area (TPSA) is 46.2 Å². The van der Waals surface area contributed by atoms with Crippen molar-refractivity contribution in [3.8, 4) is 0 Å². The van der Waals surface area contributed by atoms with Crippen LogP contribution >= 0.6 is 23.2 Å². The van der Waals surface area contributed by atoms with Crippen LogP contribution in [0.4, 0.5) is 5.69 Å². The number of hydrogen-bond acceptors (Lipinski definition) is 2. The van der Waals surface area contributed by atoms with E-state index >= 15 is 0 Å². The number of halogens is 2. The summed E-state index contributed by atoms with van der Waals surface area (Å²) in [6.45, 7) is 0. The number of hydrogen-bond donors (Lipinski definition) is 1. The zero-order valence-corrected chi connectivity index (χ0v) is 12.5. The van der Waals surface area contributed by atoms with E-state index in [0.29, 0.717) is 34.0 Å². The van der Waals surface area contributed by atoms with E-state index in [-0.39, 0.29) is 11.7 Å². The Hall–Kier alpha value is -1.84. The number of aryl methyl sites for hydroxylation is 1. The van der Waals surface area contributed by atoms with Crippen molar-refractivity contribution in [2.45, 2.75) is 12.8 Å². The van der Waals surface area contributed by atoms with Gasteiger partial charge in [0.2, 0.25) is 5.91 Å². The number of carbonyl (C=O) groups is 2. The maximum Gasteiger partial charge on any atom is 0.224 e. The smallest absolute Gasteiger partial charge is 0.224 e. The van der Waals surface area contributed by atoms with Crippen LogP contribution in [0.5, 0.6) is 0 Å². The third-order valence-electron chi connectivity index (χ3n) is 3.45. The van der Waals surface area contributed by atoms with Gasteiger partial charge in [0.15, 0.2) is 5.78 Å². The second-order valence-electron chi connectivity index (χ2n) is 4.85. The van der Waals surface area contributed by atoms with E-state index in [2.05, 4.69) is 5.32 Å². The third kappa shape index (κ3) is 2.67. The maximum absolute atomic E-state index is 12.6. The summed E-state index contributed by atoms with van der Waals surface area (Å²) in [7, 11) is 0. The van der Waals surface area contributed by atoms with Gasteiger partial charge in [-0.25, -0.2) is 0 Å². The van der Waals surface area contributed by atoms with Crippen molar-refractivity contribution in [2.24, 2.45) is 0 Å². The minimum Gasteiger partial charge on any atom is -0.326 e. The van der Waals surface area contributed by atoms with E-state index in [4.69, 9.17) is 23.2 Å². The lowest BCUT2D eigenvalue weighted by molar-refractivity contribution is -0.116. The zero-order valence-electron chi connectivity index (χ0n) is 11.0. The van der Waals surface area contributed by atoms with Gasteiger partial charge in [-0.2, -0.15) is 0 Å². The van der Waals surface area contributed by atoms with Crippen LogP contribution in [0.3, 0.4) is 0 Å². The van der Waals surface area contributed by atoms with E-state index in [1.165, 1.54) is 0 Å². The highest BCUT2D eigenvalue weighted by Gasteiger charge is 2.20. The molecule has 106 valence electrons. The number of amides is 1. The quantitative estimate of drug-likeness (QED) is 0.847. The van der Waals surface area contributed by atoms with Crippen LogP contribution < -0.4 is 5.32 Å². The van der Waals surface area contributed by atoms with Gasteiger partial charge >= 0.3 is 0 Å². The molecule has 1 aliphatic rings. The van der Waals surface area contributed by atoms with Gasteiger partial charge in [-0.05, 0) is 42.3 Å². The Labute approximate surface area is 131 Å². The number of rotatable bonds is 2. The molecule has 0 atom stereocenters. The number of ketones is 1. The Kier molecular flexibility index (Phi) is 3.70. The van der Waals surface area contributed by atoms with Crippen molar-refractivity contribution < 1.29 is 9.59 Å². The van der Waals surface area contributed by atoms with Gasteiger partial charge in [0, 0.05) is 17.7 Å². The number of nitrogens with one attached hydrogen (secondary N) is 1. The van der Waals surface area contributed by atoms with Gasteiger partial charge in [0.25, 0.3) is 0 Å². The van der Waals surface area contributed by atoms with E-state index in [0.717, 1.165) is 11.3 Å². The molecular formula is C16H11Cl2NO2. The van der Waals surface area contributed by atoms with Gasteiger partial charge < -0.3 is 5.32 Å². The molecule has 0 bridgehead atoms. The van der Waals surface area contributed by atoms with Gasteiger partial charge in [-0.15, -0.1) is 0 Å². The van der Waals surface area contributed by atoms with Crippen LogP contribution in [0.15, 0.2) is 36.4 Å². The van der Waals surface area contributed by atoms with Crippen LogP contribution in [-0.2, 0) is 11.2 Å². The first-order valence-corrected chi connectivity index (χ1v) is 7.23. The Balaban J connectivity index is 2.01. The highest BCUT2D eigenvalue weighted by molar-refractivity contribution is 6.41. The van der Waals surface area contributed by atoms with Crippen molar-refractivity contribution in [2.75, 3.05) is 5.32 Å². The monoisotopic (exact) mass is 319 g/mol. The second-order valence-corrected chi connectivity index (χ2v) is 5.66. The molecule has 1 amide bonds. The molecule has 2 aromatic carbocycles. The van der Waals surface area contributed by atoms with Crippen molar-refractivity contribution >= 4 is 40.6 Å². The largest absolute Gasteiger partial charge is 0.326 e. The predicted octanol–water partition coefficient (Wildman–Crippen LogP) is 4.11. The van der Waals surface area contributed by atoms with Crippen molar-refractivity contribution in [3.63, 3.8) is 0 Å². The van der Waals surface area contributed by atoms with E-state index in [9.17, 15) is 9.59 Å². The van der Waals surface area contributed by atoms with Crippen LogP contribution in [0.1, 0.15) is 27.9 Å². The summed E-state index contributed by atoms with van der Waals surface area (Å²) in [6, 6.07) is 10.2. The van der Waals surface area contributed by atoms with Crippen molar-refractivity contribution in [3.05, 3.63) is 63.1 Å². The second kappa shape index (κ2) is 5.51. The number of benzene rings is 2. The Bertz CT molecular complexity index is 736. The van der Waals surface area contributed by atoms with Crippen molar-refractivity contribution in [1.82, 2.24) is 0 Å². The normalized spacial score (nSPS) is 13.5. The fraction of sp³-hybridized carbons (Fsp3) is 0.125. The molecule has 0 aromatic heterocycles. The Morgan fingerprint density at radius 2 is 1.76 bits per heavy atom. The van der Waals surface area contributed by atoms with Crippen molar-refractivity contribution in [1.29, 1.82) is 0 Å². The van der Waals surface area contributed by atoms with Crippen LogP contribution in [0, 0.1) is 0 Å². The molecule has 0 radical (unpaired) electrons. The molecule has 1 aliphatic heterocycles. The number of carbonyl (C=O) groups excluding carboxylic acids is 2. The summed E-state index contributed by atoms with van der Waals surface area (Å²) in [6.07, 6.45) is 1.05. The molecular weight excluding hydrogens is 309 g/mol. The summed E-state index contributed by atoms with van der Waals surface area (Å²) >= 11 is 12.1. The summed E-state index contributed by atoms with van der Waals surface area (Å²) < 4.78 is 0. The first-order chi connectivity index (χ1) is 10.1. The highest BCUT2D eigenvalue weighted by Crippen LogP contribution is 2.29. The Morgan fingerprint density at radius 1 is 1.05 bits per heavy atom. The molecule has 0 aliphatic carbocycles. The average molecular weight is 320 g/mol. The van der Waals surface area contributed by atoms with E-state index in [1.54, 1.807) is 36.4 Å². The molecule has 1 N–H and O–H groups in total. The molecule has 0 spiro atoms. The van der Waals surface area contributed by atoms with Gasteiger partial charge in [-0.1, -0.05) is 29.3 Å². The molecule has 3 rings (SSSR count). The summed E-state index contributed by atoms with van der Waals surface area (Å²) in [5.41, 5.74) is 2.53. The van der Waals surface area contributed by atoms with Gasteiger partial charge in [-0.3, -0.25) is 9.59 Å². The predicted molar refractivity (Wildman–Crippen MR) is 83.3 cm³/mol. The summed E-state index contributed by atoms with van der Waals surface area (Å²) in [4.78, 5) is 23.9. The first kappa shape index (κ1) is 14.1. The molecule has 2 aromatic rings. The minimum atomic E-state index is -0.217. The molecule has 1 heterocycles. The molecule has 0 saturated carbocycles. The zero-order chi connectivity index (χ0) is 15.0.